The topological polar surface area (TPSA) is 81.7 Å². The number of hydrogen-bond acceptors (Lipinski definition) is 4. The van der Waals surface area contributed by atoms with E-state index < -0.39 is 6.10 Å². The van der Waals surface area contributed by atoms with Gasteiger partial charge in [0.05, 0.1) is 12.6 Å². The van der Waals surface area contributed by atoms with Gasteiger partial charge in [-0.3, -0.25) is 14.5 Å². The second kappa shape index (κ2) is 8.97. The van der Waals surface area contributed by atoms with Crippen LogP contribution < -0.4 is 10.6 Å². The summed E-state index contributed by atoms with van der Waals surface area (Å²) in [5.41, 5.74) is 2.99. The Labute approximate surface area is 149 Å². The fourth-order valence-electron chi connectivity index (χ4n) is 2.67. The zero-order chi connectivity index (χ0) is 18.4. The highest BCUT2D eigenvalue weighted by atomic mass is 16.3. The summed E-state index contributed by atoms with van der Waals surface area (Å²) in [7, 11) is 0. The zero-order valence-electron chi connectivity index (χ0n) is 15.3. The quantitative estimate of drug-likeness (QED) is 0.634. The molecule has 1 aliphatic rings. The Morgan fingerprint density at radius 1 is 1.28 bits per heavy atom. The Kier molecular flexibility index (Phi) is 6.96. The predicted molar refractivity (Wildman–Crippen MR) is 98.4 cm³/mol. The molecule has 6 heteroatoms. The van der Waals surface area contributed by atoms with Gasteiger partial charge < -0.3 is 15.7 Å². The first-order valence-electron chi connectivity index (χ1n) is 8.91. The molecule has 0 aliphatic heterocycles. The van der Waals surface area contributed by atoms with Gasteiger partial charge in [0.1, 0.15) is 0 Å². The van der Waals surface area contributed by atoms with Crippen LogP contribution in [0.25, 0.3) is 0 Å². The van der Waals surface area contributed by atoms with Crippen LogP contribution in [0, 0.1) is 13.8 Å². The Bertz CT molecular complexity index is 612. The number of anilines is 1. The molecule has 1 saturated carbocycles. The van der Waals surface area contributed by atoms with E-state index in [2.05, 4.69) is 15.5 Å². The van der Waals surface area contributed by atoms with Gasteiger partial charge >= 0.3 is 0 Å². The highest BCUT2D eigenvalue weighted by molar-refractivity contribution is 5.93. The van der Waals surface area contributed by atoms with Crippen LogP contribution >= 0.6 is 0 Å². The summed E-state index contributed by atoms with van der Waals surface area (Å²) in [6, 6.07) is 6.38. The Balaban J connectivity index is 1.83. The molecule has 2 amide bonds. The molecule has 1 aromatic rings. The second-order valence-corrected chi connectivity index (χ2v) is 6.97. The number of carbonyl (C=O) groups excluding carboxylic acids is 2. The number of carbonyl (C=O) groups is 2. The fraction of sp³-hybridized carbons (Fsp3) is 0.579. The Hall–Kier alpha value is -1.92. The van der Waals surface area contributed by atoms with Gasteiger partial charge in [-0.15, -0.1) is 0 Å². The average molecular weight is 347 g/mol. The van der Waals surface area contributed by atoms with Crippen molar-refractivity contribution in [2.75, 3.05) is 25.0 Å². The van der Waals surface area contributed by atoms with E-state index in [-0.39, 0.29) is 18.4 Å². The lowest BCUT2D eigenvalue weighted by molar-refractivity contribution is -0.123. The minimum absolute atomic E-state index is 0.0509. The lowest BCUT2D eigenvalue weighted by atomic mass is 10.1. The third-order valence-corrected chi connectivity index (χ3v) is 4.30. The first-order valence-corrected chi connectivity index (χ1v) is 8.91. The normalized spacial score (nSPS) is 15.1. The summed E-state index contributed by atoms with van der Waals surface area (Å²) in [6.45, 7) is 6.71. The summed E-state index contributed by atoms with van der Waals surface area (Å²) >= 11 is 0. The molecule has 2 rings (SSSR count). The number of benzene rings is 1. The molecule has 0 saturated heterocycles. The molecule has 138 valence electrons. The molecule has 25 heavy (non-hydrogen) atoms. The molecule has 0 heterocycles. The van der Waals surface area contributed by atoms with Crippen molar-refractivity contribution in [2.24, 2.45) is 0 Å². The van der Waals surface area contributed by atoms with E-state index in [0.717, 1.165) is 29.7 Å². The fourth-order valence-corrected chi connectivity index (χ4v) is 2.67. The maximum atomic E-state index is 12.4. The number of amides is 2. The van der Waals surface area contributed by atoms with Gasteiger partial charge in [-0.2, -0.15) is 0 Å². The van der Waals surface area contributed by atoms with Crippen molar-refractivity contribution in [3.05, 3.63) is 29.3 Å². The van der Waals surface area contributed by atoms with Gasteiger partial charge in [-0.05, 0) is 50.8 Å². The van der Waals surface area contributed by atoms with E-state index in [1.54, 1.807) is 6.92 Å². The molecule has 1 fully saturated rings. The maximum absolute atomic E-state index is 12.4. The van der Waals surface area contributed by atoms with E-state index in [9.17, 15) is 14.7 Å². The number of aryl methyl sites for hydroxylation is 2. The van der Waals surface area contributed by atoms with Crippen LogP contribution in [-0.2, 0) is 9.59 Å². The van der Waals surface area contributed by atoms with Gasteiger partial charge in [-0.1, -0.05) is 12.1 Å². The molecular formula is C19H29N3O3. The highest BCUT2D eigenvalue weighted by Gasteiger charge is 2.30. The van der Waals surface area contributed by atoms with Crippen LogP contribution in [0.5, 0.6) is 0 Å². The Morgan fingerprint density at radius 2 is 2.00 bits per heavy atom. The van der Waals surface area contributed by atoms with Crippen molar-refractivity contribution in [1.29, 1.82) is 0 Å². The summed E-state index contributed by atoms with van der Waals surface area (Å²) in [5, 5.41) is 14.9. The summed E-state index contributed by atoms with van der Waals surface area (Å²) < 4.78 is 0. The molecule has 1 aliphatic carbocycles. The first kappa shape index (κ1) is 19.4. The molecule has 6 nitrogen and oxygen atoms in total. The van der Waals surface area contributed by atoms with E-state index in [1.807, 2.05) is 32.0 Å². The van der Waals surface area contributed by atoms with Gasteiger partial charge in [0.2, 0.25) is 11.8 Å². The molecular weight excluding hydrogens is 318 g/mol. The van der Waals surface area contributed by atoms with Crippen molar-refractivity contribution in [1.82, 2.24) is 10.2 Å². The average Bonchev–Trinajstić information content (AvgIpc) is 3.37. The van der Waals surface area contributed by atoms with E-state index in [4.69, 9.17) is 0 Å². The number of nitrogens with one attached hydrogen (secondary N) is 2. The molecule has 3 N–H and O–H groups in total. The number of nitrogens with zero attached hydrogens (tertiary/aromatic N) is 1. The predicted octanol–water partition coefficient (Wildman–Crippen LogP) is 1.59. The molecule has 1 aromatic carbocycles. The minimum atomic E-state index is -0.549. The van der Waals surface area contributed by atoms with Crippen molar-refractivity contribution >= 4 is 17.5 Å². The van der Waals surface area contributed by atoms with Crippen molar-refractivity contribution in [2.45, 2.75) is 52.2 Å². The van der Waals surface area contributed by atoms with Gasteiger partial charge in [0.15, 0.2) is 0 Å². The number of hydrogen-bond donors (Lipinski definition) is 3. The molecule has 0 radical (unpaired) electrons. The van der Waals surface area contributed by atoms with Crippen LogP contribution in [0.3, 0.4) is 0 Å². The molecule has 0 spiro atoms. The third kappa shape index (κ3) is 6.84. The first-order chi connectivity index (χ1) is 11.8. The SMILES string of the molecule is Cc1ccc(C)c(NC(=O)CN(CCC(=O)NCC(C)O)C2CC2)c1. The standard InChI is InChI=1S/C19H29N3O3/c1-13-4-5-14(2)17(10-13)21-19(25)12-22(16-6-7-16)9-8-18(24)20-11-15(3)23/h4-5,10,15-16,23H,6-9,11-12H2,1-3H3,(H,20,24)(H,21,25). The maximum Gasteiger partial charge on any atom is 0.238 e. The highest BCUT2D eigenvalue weighted by Crippen LogP contribution is 2.27. The smallest absolute Gasteiger partial charge is 0.238 e. The molecule has 1 atom stereocenters. The molecule has 1 unspecified atom stereocenters. The number of aliphatic hydroxyl groups excluding tert-OH is 1. The van der Waals surface area contributed by atoms with Crippen LogP contribution in [-0.4, -0.2) is 53.6 Å². The second-order valence-electron chi connectivity index (χ2n) is 6.97. The Morgan fingerprint density at radius 3 is 2.64 bits per heavy atom. The minimum Gasteiger partial charge on any atom is -0.392 e. The molecule has 0 aromatic heterocycles. The van der Waals surface area contributed by atoms with Gasteiger partial charge in [0.25, 0.3) is 0 Å². The largest absolute Gasteiger partial charge is 0.392 e. The van der Waals surface area contributed by atoms with Crippen LogP contribution in [0.2, 0.25) is 0 Å². The van der Waals surface area contributed by atoms with E-state index >= 15 is 0 Å². The number of rotatable bonds is 9. The van der Waals surface area contributed by atoms with Crippen molar-refractivity contribution < 1.29 is 14.7 Å². The zero-order valence-corrected chi connectivity index (χ0v) is 15.3. The van der Waals surface area contributed by atoms with Crippen molar-refractivity contribution in [3.63, 3.8) is 0 Å². The van der Waals surface area contributed by atoms with Crippen LogP contribution in [0.1, 0.15) is 37.3 Å². The van der Waals surface area contributed by atoms with E-state index in [1.165, 1.54) is 0 Å². The summed E-state index contributed by atoms with van der Waals surface area (Å²) in [5.74, 6) is -0.147. The lowest BCUT2D eigenvalue weighted by Crippen LogP contribution is -2.38. The van der Waals surface area contributed by atoms with Crippen LogP contribution in [0.15, 0.2) is 18.2 Å². The third-order valence-electron chi connectivity index (χ3n) is 4.30. The lowest BCUT2D eigenvalue weighted by Gasteiger charge is -2.21. The monoisotopic (exact) mass is 347 g/mol. The summed E-state index contributed by atoms with van der Waals surface area (Å²) in [4.78, 5) is 26.3. The number of aliphatic hydroxyl groups is 1. The van der Waals surface area contributed by atoms with Gasteiger partial charge in [-0.25, -0.2) is 0 Å². The van der Waals surface area contributed by atoms with E-state index in [0.29, 0.717) is 25.6 Å². The molecule has 0 bridgehead atoms. The van der Waals surface area contributed by atoms with Crippen LogP contribution in [0.4, 0.5) is 5.69 Å². The summed E-state index contributed by atoms with van der Waals surface area (Å²) in [6.07, 6.45) is 1.93. The van der Waals surface area contributed by atoms with Crippen molar-refractivity contribution in [3.8, 4) is 0 Å². The van der Waals surface area contributed by atoms with Gasteiger partial charge in [0, 0.05) is 31.2 Å².